The molecule has 1 aliphatic rings. The lowest BCUT2D eigenvalue weighted by atomic mass is 10.1. The van der Waals surface area contributed by atoms with Crippen molar-refractivity contribution in [1.29, 1.82) is 0 Å². The van der Waals surface area contributed by atoms with Gasteiger partial charge in [-0.2, -0.15) is 4.98 Å². The van der Waals surface area contributed by atoms with E-state index in [1.165, 1.54) is 0 Å². The molecule has 0 bridgehead atoms. The Labute approximate surface area is 162 Å². The third-order valence-corrected chi connectivity index (χ3v) is 5.97. The van der Waals surface area contributed by atoms with Crippen molar-refractivity contribution in [1.82, 2.24) is 25.7 Å². The first kappa shape index (κ1) is 23.6. The highest BCUT2D eigenvalue weighted by molar-refractivity contribution is 7.83. The van der Waals surface area contributed by atoms with Crippen molar-refractivity contribution in [2.24, 2.45) is 0 Å². The van der Waals surface area contributed by atoms with Gasteiger partial charge in [0.25, 0.3) is 13.0 Å². The molecule has 0 aliphatic carbocycles. The number of hydrogen-bond donors (Lipinski definition) is 7. The second-order valence-electron chi connectivity index (χ2n) is 5.73. The van der Waals surface area contributed by atoms with Gasteiger partial charge in [-0.3, -0.25) is 18.9 Å². The third-order valence-electron chi connectivity index (χ3n) is 3.70. The van der Waals surface area contributed by atoms with Crippen LogP contribution in [0, 0.1) is 0 Å². The van der Waals surface area contributed by atoms with Crippen LogP contribution in [0.15, 0.2) is 11.1 Å². The van der Waals surface area contributed by atoms with E-state index in [-0.39, 0.29) is 23.3 Å². The number of aromatic nitrogens is 4. The number of nitrogens with one attached hydrogen (secondary N) is 1. The molecule has 5 atom stereocenters. The van der Waals surface area contributed by atoms with Crippen molar-refractivity contribution in [2.45, 2.75) is 24.5 Å². The Morgan fingerprint density at radius 1 is 1.34 bits per heavy atom. The number of nitrogen functional groups attached to an aromatic ring is 1. The van der Waals surface area contributed by atoms with Gasteiger partial charge in [0.1, 0.15) is 18.3 Å². The van der Waals surface area contributed by atoms with Gasteiger partial charge in [-0.1, -0.05) is 0 Å². The molecule has 0 unspecified atom stereocenters. The average Bonchev–Trinajstić information content (AvgIpc) is 3.06. The minimum absolute atomic E-state index is 0. The molecule has 2 radical (unpaired) electrons. The zero-order valence-corrected chi connectivity index (χ0v) is 16.2. The molecule has 1 fully saturated rings. The molecule has 0 saturated carbocycles. The number of hydrogen-bond acceptors (Lipinski definition) is 12. The Kier molecular flexibility index (Phi) is 6.71. The molecule has 3 heterocycles. The maximum atomic E-state index is 11.8. The molecular formula is C10H17BN6O10P2. The Morgan fingerprint density at radius 2 is 2.00 bits per heavy atom. The van der Waals surface area contributed by atoms with E-state index in [2.05, 4.69) is 23.8 Å². The van der Waals surface area contributed by atoms with E-state index in [4.69, 9.17) is 27.8 Å². The van der Waals surface area contributed by atoms with Gasteiger partial charge in [0.2, 0.25) is 13.5 Å². The van der Waals surface area contributed by atoms with Gasteiger partial charge in [-0.25, -0.2) is 13.9 Å². The summed E-state index contributed by atoms with van der Waals surface area (Å²) >= 11 is 0. The van der Waals surface area contributed by atoms with E-state index in [1.807, 2.05) is 0 Å². The molecule has 0 spiro atoms. The molecule has 0 amide bonds. The van der Waals surface area contributed by atoms with Crippen molar-refractivity contribution in [3.8, 4) is 0 Å². The summed E-state index contributed by atoms with van der Waals surface area (Å²) in [5, 5.41) is 20.3. The number of aliphatic hydroxyl groups excluding tert-OH is 2. The maximum Gasteiger partial charge on any atom is 0.476 e. The van der Waals surface area contributed by atoms with Gasteiger partial charge in [0.05, 0.1) is 12.9 Å². The number of anilines is 1. The Hall–Kier alpha value is -1.65. The molecule has 16 nitrogen and oxygen atoms in total. The molecule has 2 aromatic heterocycles. The molecule has 2 aromatic rings. The standard InChI is InChI=1S/C10H14BN5O10P2.H3N/c11-27(20,26-28(21,22)23)24-1-3-5(17)6(18)9(25-3)16-2-13-4-7(16)14-10(12)15-8(4)19;/h2-3,5-6,9,17-18H,1H2,(H2,21,22,23)(H3,12,14,15,19);1H3/t3-,5-,6-,9-,27-;/m1./s1. The quantitative estimate of drug-likeness (QED) is 0.182. The number of phosphoric acid groups is 1. The molecule has 19 heteroatoms. The predicted octanol–water partition coefficient (Wildman–Crippen LogP) is -2.11. The highest BCUT2D eigenvalue weighted by atomic mass is 31.3. The number of nitrogens with two attached hydrogens (primary N) is 1. The van der Waals surface area contributed by atoms with Crippen LogP contribution in [0.2, 0.25) is 0 Å². The lowest BCUT2D eigenvalue weighted by Gasteiger charge is -2.19. The van der Waals surface area contributed by atoms with Crippen molar-refractivity contribution in [3.63, 3.8) is 0 Å². The number of fused-ring (bicyclic) bond motifs is 1. The number of H-pyrrole nitrogens is 1. The first-order valence-corrected chi connectivity index (χ1v) is 10.6. The van der Waals surface area contributed by atoms with Gasteiger partial charge in [0.15, 0.2) is 17.4 Å². The lowest BCUT2D eigenvalue weighted by molar-refractivity contribution is -0.0479. The molecule has 1 saturated heterocycles. The second kappa shape index (κ2) is 8.24. The van der Waals surface area contributed by atoms with Crippen LogP contribution in [0.25, 0.3) is 11.2 Å². The monoisotopic (exact) mass is 454 g/mol. The summed E-state index contributed by atoms with van der Waals surface area (Å²) in [6.45, 7) is -0.745. The summed E-state index contributed by atoms with van der Waals surface area (Å²) in [4.78, 5) is 39.1. The SMILES string of the molecule is N.[B][P@@](=O)(OC[C@H]1O[C@@H](n2cnc3c(=O)[nH]c(N)nc32)[C@H](O)[C@@H]1O)OP(=O)(O)O. The van der Waals surface area contributed by atoms with Crippen LogP contribution in [0.4, 0.5) is 5.95 Å². The summed E-state index contributed by atoms with van der Waals surface area (Å²) in [7, 11) is -4.83. The summed E-state index contributed by atoms with van der Waals surface area (Å²) in [5.41, 5.74) is 4.72. The largest absolute Gasteiger partial charge is 0.476 e. The Balaban J connectivity index is 0.00000300. The highest BCUT2D eigenvalue weighted by Crippen LogP contribution is 2.57. The van der Waals surface area contributed by atoms with Gasteiger partial charge < -0.3 is 41.1 Å². The molecular weight excluding hydrogens is 437 g/mol. The average molecular weight is 454 g/mol. The third kappa shape index (κ3) is 5.10. The predicted molar refractivity (Wildman–Crippen MR) is 95.9 cm³/mol. The van der Waals surface area contributed by atoms with E-state index in [1.54, 1.807) is 0 Å². The van der Waals surface area contributed by atoms with Gasteiger partial charge in [0, 0.05) is 0 Å². The van der Waals surface area contributed by atoms with Gasteiger partial charge in [-0.15, -0.1) is 0 Å². The van der Waals surface area contributed by atoms with E-state index in [9.17, 15) is 24.1 Å². The van der Waals surface area contributed by atoms with E-state index >= 15 is 0 Å². The zero-order chi connectivity index (χ0) is 20.9. The van der Waals surface area contributed by atoms with Gasteiger partial charge >= 0.3 is 7.82 Å². The molecule has 10 N–H and O–H groups in total. The fourth-order valence-corrected chi connectivity index (χ4v) is 4.30. The molecule has 29 heavy (non-hydrogen) atoms. The Morgan fingerprint density at radius 3 is 2.62 bits per heavy atom. The smallest absolute Gasteiger partial charge is 0.387 e. The summed E-state index contributed by atoms with van der Waals surface area (Å²) in [6, 6.07) is 0. The van der Waals surface area contributed by atoms with Crippen LogP contribution in [0.5, 0.6) is 0 Å². The molecule has 0 aromatic carbocycles. The number of aliphatic hydroxyl groups is 2. The van der Waals surface area contributed by atoms with E-state index < -0.39 is 52.0 Å². The summed E-state index contributed by atoms with van der Waals surface area (Å²) < 4.78 is 37.4. The van der Waals surface area contributed by atoms with Crippen LogP contribution < -0.4 is 17.4 Å². The normalized spacial score (nSPS) is 26.9. The summed E-state index contributed by atoms with van der Waals surface area (Å²) in [6.07, 6.45) is -4.64. The number of imidazole rings is 1. The van der Waals surface area contributed by atoms with Crippen LogP contribution in [-0.2, 0) is 22.7 Å². The second-order valence-corrected chi connectivity index (χ2v) is 8.70. The van der Waals surface area contributed by atoms with Crippen LogP contribution in [0.1, 0.15) is 6.23 Å². The molecule has 160 valence electrons. The van der Waals surface area contributed by atoms with Crippen molar-refractivity contribution in [2.75, 3.05) is 12.3 Å². The van der Waals surface area contributed by atoms with Crippen molar-refractivity contribution < 1.29 is 42.7 Å². The minimum atomic E-state index is -5.20. The molecule has 3 rings (SSSR count). The van der Waals surface area contributed by atoms with Crippen LogP contribution >= 0.6 is 15.3 Å². The van der Waals surface area contributed by atoms with Crippen molar-refractivity contribution >= 4 is 40.0 Å². The number of nitrogens with zero attached hydrogens (tertiary/aromatic N) is 3. The maximum absolute atomic E-state index is 11.8. The molecule has 1 aliphatic heterocycles. The fourth-order valence-electron chi connectivity index (χ4n) is 2.58. The van der Waals surface area contributed by atoms with E-state index in [0.717, 1.165) is 10.9 Å². The van der Waals surface area contributed by atoms with Crippen molar-refractivity contribution in [3.05, 3.63) is 16.7 Å². The number of aromatic amines is 1. The first-order valence-electron chi connectivity index (χ1n) is 7.42. The van der Waals surface area contributed by atoms with E-state index in [0.29, 0.717) is 0 Å². The lowest BCUT2D eigenvalue weighted by Crippen LogP contribution is -2.33. The minimum Gasteiger partial charge on any atom is -0.387 e. The highest BCUT2D eigenvalue weighted by Gasteiger charge is 2.45. The Bertz CT molecular complexity index is 1040. The van der Waals surface area contributed by atoms with Crippen LogP contribution in [-0.4, -0.2) is 72.0 Å². The number of rotatable bonds is 6. The summed E-state index contributed by atoms with van der Waals surface area (Å²) in [5.74, 6) is -0.217. The zero-order valence-electron chi connectivity index (χ0n) is 14.4. The van der Waals surface area contributed by atoms with Gasteiger partial charge in [-0.05, 0) is 0 Å². The number of ether oxygens (including phenoxy) is 1. The fraction of sp³-hybridized carbons (Fsp3) is 0.500. The van der Waals surface area contributed by atoms with Crippen LogP contribution in [0.3, 0.4) is 0 Å². The topological polar surface area (TPSA) is 267 Å². The first-order chi connectivity index (χ1) is 12.9.